The van der Waals surface area contributed by atoms with Gasteiger partial charge in [-0.15, -0.1) is 23.2 Å². The number of alkyl halides is 2. The molecular weight excluding hydrogens is 583 g/mol. The Bertz CT molecular complexity index is 1130. The minimum atomic E-state index is -1.18. The number of halogens is 2. The second kappa shape index (κ2) is 11.8. The number of nitrogens with zero attached hydrogens (tertiary/aromatic N) is 1. The van der Waals surface area contributed by atoms with Crippen molar-refractivity contribution in [2.45, 2.75) is 112 Å². The summed E-state index contributed by atoms with van der Waals surface area (Å²) in [6, 6.07) is -2.95. The number of likely N-dealkylation sites (tertiary alicyclic amines) is 1. The topological polar surface area (TPSA) is 148 Å². The fourth-order valence-electron chi connectivity index (χ4n) is 8.51. The Morgan fingerprint density at radius 3 is 2.26 bits per heavy atom. The van der Waals surface area contributed by atoms with Gasteiger partial charge in [0, 0.05) is 18.4 Å². The second-order valence-electron chi connectivity index (χ2n) is 13.7. The van der Waals surface area contributed by atoms with Crippen molar-refractivity contribution in [2.24, 2.45) is 41.2 Å². The van der Waals surface area contributed by atoms with Crippen molar-refractivity contribution in [3.63, 3.8) is 0 Å². The van der Waals surface area contributed by atoms with Crippen LogP contribution in [0.2, 0.25) is 0 Å². The lowest BCUT2D eigenvalue weighted by atomic mass is 9.80. The van der Waals surface area contributed by atoms with Gasteiger partial charge in [-0.3, -0.25) is 19.2 Å². The molecule has 1 aliphatic heterocycles. The zero-order chi connectivity index (χ0) is 29.8. The van der Waals surface area contributed by atoms with E-state index in [0.29, 0.717) is 18.3 Å². The van der Waals surface area contributed by atoms with Crippen LogP contribution >= 0.6 is 23.2 Å². The van der Waals surface area contributed by atoms with Crippen LogP contribution in [0.4, 0.5) is 4.79 Å². The summed E-state index contributed by atoms with van der Waals surface area (Å²) in [7, 11) is 0. The fraction of sp³-hybridized carbons (Fsp3) is 0.833. The van der Waals surface area contributed by atoms with Gasteiger partial charge in [0.05, 0.1) is 6.04 Å². The first kappa shape index (κ1) is 30.0. The predicted octanol–water partition coefficient (Wildman–Crippen LogP) is 3.21. The summed E-state index contributed by atoms with van der Waals surface area (Å²) >= 11 is 13.1. The highest BCUT2D eigenvalue weighted by Crippen LogP contribution is 2.65. The molecule has 232 valence electrons. The van der Waals surface area contributed by atoms with E-state index in [-0.39, 0.29) is 36.3 Å². The number of hydrogen-bond donors (Lipinski definition) is 3. The second-order valence-corrected chi connectivity index (χ2v) is 15.1. The molecule has 42 heavy (non-hydrogen) atoms. The quantitative estimate of drug-likeness (QED) is 0.251. The van der Waals surface area contributed by atoms with Crippen LogP contribution in [0, 0.1) is 35.5 Å². The Kier molecular flexibility index (Phi) is 8.41. The van der Waals surface area contributed by atoms with Gasteiger partial charge in [-0.1, -0.05) is 38.5 Å². The van der Waals surface area contributed by atoms with Crippen molar-refractivity contribution >= 4 is 52.8 Å². The molecule has 0 spiro atoms. The van der Waals surface area contributed by atoms with Gasteiger partial charge in [0.1, 0.15) is 22.5 Å². The first-order valence-corrected chi connectivity index (χ1v) is 16.6. The summed E-state index contributed by atoms with van der Waals surface area (Å²) in [5.41, 5.74) is 5.30. The van der Waals surface area contributed by atoms with Crippen LogP contribution in [-0.4, -0.2) is 69.6 Å². The van der Waals surface area contributed by atoms with E-state index in [9.17, 15) is 24.0 Å². The Labute approximate surface area is 256 Å². The summed E-state index contributed by atoms with van der Waals surface area (Å²) in [4.78, 5) is 67.1. The molecule has 6 aliphatic rings. The molecular formula is C30H42Cl2N4O6. The average Bonchev–Trinajstić information content (AvgIpc) is 3.46. The lowest BCUT2D eigenvalue weighted by Gasteiger charge is -2.37. The van der Waals surface area contributed by atoms with E-state index in [1.54, 1.807) is 0 Å². The van der Waals surface area contributed by atoms with Crippen molar-refractivity contribution in [1.82, 2.24) is 15.5 Å². The number of carbonyl (C=O) groups excluding carboxylic acids is 5. The third kappa shape index (κ3) is 5.74. The molecule has 10 nitrogen and oxygen atoms in total. The van der Waals surface area contributed by atoms with Crippen molar-refractivity contribution in [1.29, 1.82) is 0 Å². The number of hydrogen-bond acceptors (Lipinski definition) is 6. The van der Waals surface area contributed by atoms with Gasteiger partial charge >= 0.3 is 6.09 Å². The molecule has 0 radical (unpaired) electrons. The number of ether oxygens (including phenoxy) is 1. The Morgan fingerprint density at radius 1 is 0.929 bits per heavy atom. The SMILES string of the molecule is NC(=O)C(=O)C(CC1CCC1)NC(=O)[C@@H]1[C@@H]2[C@H](CN1C(=O)[C@@H](NC(=O)OC1CC3CC[C@@H]1C3)C1CCCCC1)C2(Cl)Cl. The summed E-state index contributed by atoms with van der Waals surface area (Å²) in [5, 5.41) is 5.64. The number of Topliss-reactive ketones (excluding diaryl/α,β-unsaturated/α-hetero) is 1. The summed E-state index contributed by atoms with van der Waals surface area (Å²) in [6.45, 7) is 0.165. The van der Waals surface area contributed by atoms with Gasteiger partial charge in [0.25, 0.3) is 5.91 Å². The van der Waals surface area contributed by atoms with Crippen molar-refractivity contribution in [2.75, 3.05) is 6.54 Å². The molecule has 0 aromatic heterocycles. The molecule has 3 unspecified atom stereocenters. The number of fused-ring (bicyclic) bond motifs is 3. The van der Waals surface area contributed by atoms with E-state index in [1.165, 1.54) is 11.3 Å². The summed E-state index contributed by atoms with van der Waals surface area (Å²) in [6.07, 6.45) is 11.2. The number of carbonyl (C=O) groups is 5. The maximum Gasteiger partial charge on any atom is 0.408 e. The molecule has 4 N–H and O–H groups in total. The molecule has 8 atom stereocenters. The fourth-order valence-corrected chi connectivity index (χ4v) is 9.34. The zero-order valence-corrected chi connectivity index (χ0v) is 25.4. The van der Waals surface area contributed by atoms with Gasteiger partial charge < -0.3 is 26.0 Å². The molecule has 2 bridgehead atoms. The van der Waals surface area contributed by atoms with Crippen LogP contribution in [0.3, 0.4) is 0 Å². The van der Waals surface area contributed by atoms with Gasteiger partial charge in [0.2, 0.25) is 17.6 Å². The molecule has 0 aromatic carbocycles. The standard InChI is InChI=1S/C30H42Cl2N4O6/c31-30(32)19-14-36(24(22(19)30)27(39)34-20(25(37)26(33)38)12-15-5-4-6-15)28(40)23(17-7-2-1-3-8-17)35-29(41)42-21-13-16-9-10-18(21)11-16/h15-24H,1-14H2,(H2,33,38)(H,34,39)(H,35,41)/t16?,18-,19+,20?,21?,22+,23+,24+/m1/s1. The molecule has 1 heterocycles. The van der Waals surface area contributed by atoms with Crippen LogP contribution in [0.25, 0.3) is 0 Å². The Morgan fingerprint density at radius 2 is 1.67 bits per heavy atom. The Hall–Kier alpha value is -2.07. The highest BCUT2D eigenvalue weighted by atomic mass is 35.5. The number of ketones is 1. The number of piperidine rings is 1. The molecule has 5 saturated carbocycles. The molecule has 6 rings (SSSR count). The van der Waals surface area contributed by atoms with E-state index in [2.05, 4.69) is 10.6 Å². The monoisotopic (exact) mass is 624 g/mol. The molecule has 0 aromatic rings. The van der Waals surface area contributed by atoms with Crippen molar-refractivity contribution in [3.05, 3.63) is 0 Å². The van der Waals surface area contributed by atoms with Crippen molar-refractivity contribution in [3.8, 4) is 0 Å². The van der Waals surface area contributed by atoms with Crippen LogP contribution in [-0.2, 0) is 23.9 Å². The molecule has 12 heteroatoms. The highest BCUT2D eigenvalue weighted by molar-refractivity contribution is 6.51. The number of amides is 4. The Balaban J connectivity index is 1.19. The van der Waals surface area contributed by atoms with E-state index in [4.69, 9.17) is 33.7 Å². The summed E-state index contributed by atoms with van der Waals surface area (Å²) in [5.74, 6) is -2.61. The number of primary amides is 1. The maximum absolute atomic E-state index is 14.2. The predicted molar refractivity (Wildman–Crippen MR) is 154 cm³/mol. The number of rotatable bonds is 10. The molecule has 5 aliphatic carbocycles. The third-order valence-electron chi connectivity index (χ3n) is 11.1. The normalized spacial score (nSPS) is 34.6. The average molecular weight is 626 g/mol. The van der Waals surface area contributed by atoms with Crippen LogP contribution in [0.5, 0.6) is 0 Å². The van der Waals surface area contributed by atoms with E-state index < -0.39 is 52.1 Å². The van der Waals surface area contributed by atoms with Gasteiger partial charge in [-0.25, -0.2) is 4.79 Å². The maximum atomic E-state index is 14.2. The number of nitrogens with two attached hydrogens (primary N) is 1. The van der Waals surface area contributed by atoms with Gasteiger partial charge in [-0.2, -0.15) is 0 Å². The minimum Gasteiger partial charge on any atom is -0.446 e. The lowest BCUT2D eigenvalue weighted by Crippen LogP contribution is -2.60. The first-order chi connectivity index (χ1) is 20.0. The smallest absolute Gasteiger partial charge is 0.408 e. The molecule has 4 amide bonds. The zero-order valence-electron chi connectivity index (χ0n) is 23.9. The van der Waals surface area contributed by atoms with Crippen LogP contribution < -0.4 is 16.4 Å². The molecule has 1 saturated heterocycles. The molecule has 6 fully saturated rings. The minimum absolute atomic E-state index is 0.0842. The lowest BCUT2D eigenvalue weighted by molar-refractivity contribution is -0.144. The van der Waals surface area contributed by atoms with Gasteiger partial charge in [0.15, 0.2) is 0 Å². The van der Waals surface area contributed by atoms with Crippen molar-refractivity contribution < 1.29 is 28.7 Å². The van der Waals surface area contributed by atoms with E-state index in [1.807, 2.05) is 0 Å². The third-order valence-corrected chi connectivity index (χ3v) is 12.2. The highest BCUT2D eigenvalue weighted by Gasteiger charge is 2.74. The summed E-state index contributed by atoms with van der Waals surface area (Å²) < 4.78 is 4.67. The van der Waals surface area contributed by atoms with Crippen LogP contribution in [0.1, 0.15) is 83.5 Å². The van der Waals surface area contributed by atoms with E-state index >= 15 is 0 Å². The van der Waals surface area contributed by atoms with Crippen LogP contribution in [0.15, 0.2) is 0 Å². The number of nitrogens with one attached hydrogen (secondary N) is 2. The largest absolute Gasteiger partial charge is 0.446 e. The number of alkyl carbamates (subject to hydrolysis) is 1. The van der Waals surface area contributed by atoms with E-state index in [0.717, 1.165) is 70.6 Å². The van der Waals surface area contributed by atoms with Gasteiger partial charge in [-0.05, 0) is 68.6 Å². The first-order valence-electron chi connectivity index (χ1n) is 15.8.